The second kappa shape index (κ2) is 12.1. The zero-order chi connectivity index (χ0) is 33.9. The number of carbonyl (C=O) groups excluding carboxylic acids is 3. The number of rotatable bonds is 6. The highest BCUT2D eigenvalue weighted by Gasteiger charge is 2.71. The van der Waals surface area contributed by atoms with E-state index in [1.165, 1.54) is 0 Å². The van der Waals surface area contributed by atoms with E-state index in [-0.39, 0.29) is 58.6 Å². The van der Waals surface area contributed by atoms with Crippen molar-refractivity contribution in [2.45, 2.75) is 82.0 Å². The van der Waals surface area contributed by atoms with Crippen LogP contribution in [0.15, 0.2) is 65.3 Å². The van der Waals surface area contributed by atoms with Gasteiger partial charge in [-0.15, -0.1) is 0 Å². The van der Waals surface area contributed by atoms with E-state index < -0.39 is 40.0 Å². The molecule has 2 amide bonds. The molecular formula is C37H42ClN3O7. The Morgan fingerprint density at radius 1 is 0.938 bits per heavy atom. The topological polar surface area (TPSA) is 158 Å². The molecule has 7 rings (SSSR count). The summed E-state index contributed by atoms with van der Waals surface area (Å²) in [5, 5.41) is 43.1. The third-order valence-corrected chi connectivity index (χ3v) is 13.0. The number of carbonyl (C=O) groups is 3. The summed E-state index contributed by atoms with van der Waals surface area (Å²) in [7, 11) is 0. The number of aliphatic hydroxyl groups is 3. The van der Waals surface area contributed by atoms with Crippen molar-refractivity contribution in [1.29, 1.82) is 0 Å². The Balaban J connectivity index is 1.15. The molecule has 4 fully saturated rings. The molecule has 0 saturated heterocycles. The second-order valence-corrected chi connectivity index (χ2v) is 15.1. The number of nitrogens with zero attached hydrogens (tertiary/aromatic N) is 1. The number of amides is 2. The van der Waals surface area contributed by atoms with Gasteiger partial charge >= 0.3 is 5.97 Å². The number of nitrogens with one attached hydrogen (secondary N) is 2. The third kappa shape index (κ3) is 5.11. The van der Waals surface area contributed by atoms with Gasteiger partial charge in [-0.05, 0) is 99.0 Å². The molecule has 0 radical (unpaired) electrons. The second-order valence-electron chi connectivity index (χ2n) is 14.7. The van der Waals surface area contributed by atoms with Gasteiger partial charge in [-0.1, -0.05) is 42.8 Å². The number of para-hydroxylation sites is 1. The largest absolute Gasteiger partial charge is 0.458 e. The summed E-state index contributed by atoms with van der Waals surface area (Å²) < 4.78 is 5.25. The highest BCUT2D eigenvalue weighted by atomic mass is 35.5. The molecule has 10 nitrogen and oxygen atoms in total. The van der Waals surface area contributed by atoms with Crippen molar-refractivity contribution in [2.75, 3.05) is 11.9 Å². The molecule has 0 spiro atoms. The van der Waals surface area contributed by atoms with E-state index >= 15 is 0 Å². The zero-order valence-electron chi connectivity index (χ0n) is 27.0. The molecule has 5 aliphatic rings. The number of hydrazone groups is 1. The van der Waals surface area contributed by atoms with Crippen LogP contribution in [0, 0.1) is 28.6 Å². The number of hydrogen-bond acceptors (Lipinski definition) is 8. The van der Waals surface area contributed by atoms with Crippen molar-refractivity contribution in [1.82, 2.24) is 5.43 Å². The van der Waals surface area contributed by atoms with Gasteiger partial charge in [0.2, 0.25) is 0 Å². The van der Waals surface area contributed by atoms with Crippen molar-refractivity contribution in [3.05, 3.63) is 76.3 Å². The van der Waals surface area contributed by atoms with Gasteiger partial charge in [0.1, 0.15) is 6.61 Å². The highest BCUT2D eigenvalue weighted by molar-refractivity contribution is 6.34. The number of anilines is 1. The third-order valence-electron chi connectivity index (χ3n) is 12.6. The van der Waals surface area contributed by atoms with Gasteiger partial charge in [0.05, 0.1) is 39.1 Å². The van der Waals surface area contributed by atoms with E-state index in [1.807, 2.05) is 0 Å². The Morgan fingerprint density at radius 3 is 2.42 bits per heavy atom. The van der Waals surface area contributed by atoms with Crippen molar-refractivity contribution >= 4 is 41.3 Å². The summed E-state index contributed by atoms with van der Waals surface area (Å²) in [6, 6.07) is 13.2. The smallest absolute Gasteiger partial charge is 0.331 e. The molecule has 5 N–H and O–H groups in total. The lowest BCUT2D eigenvalue weighted by Crippen LogP contribution is -2.68. The minimum Gasteiger partial charge on any atom is -0.458 e. The Kier molecular flexibility index (Phi) is 8.30. The number of hydrogen-bond donors (Lipinski definition) is 5. The van der Waals surface area contributed by atoms with Crippen molar-refractivity contribution in [3.63, 3.8) is 0 Å². The average molecular weight is 676 g/mol. The number of halogens is 1. The van der Waals surface area contributed by atoms with Crippen molar-refractivity contribution in [2.24, 2.45) is 33.7 Å². The fourth-order valence-electron chi connectivity index (χ4n) is 10.3. The van der Waals surface area contributed by atoms with E-state index in [4.69, 9.17) is 16.3 Å². The van der Waals surface area contributed by atoms with Gasteiger partial charge in [0, 0.05) is 29.5 Å². The van der Waals surface area contributed by atoms with Gasteiger partial charge in [-0.3, -0.25) is 9.59 Å². The normalized spacial score (nSPS) is 37.2. The van der Waals surface area contributed by atoms with Crippen LogP contribution in [0.1, 0.15) is 85.4 Å². The molecule has 48 heavy (non-hydrogen) atoms. The van der Waals surface area contributed by atoms with Crippen LogP contribution in [0.25, 0.3) is 0 Å². The standard InChI is InChI=1S/C37H42ClN3O7/c1-34-14-11-27-28(37(34,47)17-13-26(34)22-18-31(43)48-20-22)12-16-36(46)19-23(42)10-15-35(27,36)21-39-41-33(45)25-7-3-5-9-30(25)40-32(44)24-6-2-4-8-29(24)38/h2-9,18,21,23,26-28,42,46-47H,10-17,19-20H2,1H3,(H,40,44)(H,41,45)/b39-21+/t23-,26-,27+,28-,34-,35+,36+,37-/m1/s1. The molecule has 0 bridgehead atoms. The van der Waals surface area contributed by atoms with Crippen LogP contribution in [0.4, 0.5) is 5.69 Å². The first kappa shape index (κ1) is 33.0. The van der Waals surface area contributed by atoms with Gasteiger partial charge in [0.15, 0.2) is 0 Å². The fraction of sp³-hybridized carbons (Fsp3) is 0.514. The van der Waals surface area contributed by atoms with Gasteiger partial charge in [-0.2, -0.15) is 5.10 Å². The quantitative estimate of drug-likeness (QED) is 0.163. The van der Waals surface area contributed by atoms with Crippen LogP contribution in [0.5, 0.6) is 0 Å². The van der Waals surface area contributed by atoms with Crippen LogP contribution >= 0.6 is 11.6 Å². The first-order valence-electron chi connectivity index (χ1n) is 16.9. The molecule has 0 unspecified atom stereocenters. The van der Waals surface area contributed by atoms with Crippen LogP contribution in [0.3, 0.4) is 0 Å². The summed E-state index contributed by atoms with van der Waals surface area (Å²) in [6.45, 7) is 2.41. The van der Waals surface area contributed by atoms with E-state index in [9.17, 15) is 29.7 Å². The molecule has 254 valence electrons. The molecule has 1 aliphatic heterocycles. The molecule has 4 aliphatic carbocycles. The minimum atomic E-state index is -1.27. The van der Waals surface area contributed by atoms with Gasteiger partial charge in [-0.25, -0.2) is 10.2 Å². The van der Waals surface area contributed by atoms with Gasteiger partial charge in [0.25, 0.3) is 11.8 Å². The first-order valence-corrected chi connectivity index (χ1v) is 17.3. The maximum absolute atomic E-state index is 13.5. The zero-order valence-corrected chi connectivity index (χ0v) is 27.7. The Labute approximate surface area is 284 Å². The van der Waals surface area contributed by atoms with E-state index in [0.717, 1.165) is 18.4 Å². The number of aliphatic hydroxyl groups excluding tert-OH is 1. The lowest BCUT2D eigenvalue weighted by atomic mass is 9.41. The SMILES string of the molecule is C[C@]12CC[C@H]3[C@@H](CC[C@]4(O)C[C@H](O)CC[C@]34/C=N/NC(=O)c3ccccc3NC(=O)c3ccccc3Cl)[C@]1(O)CC[C@@H]2C1=CC(=O)OC1. The van der Waals surface area contributed by atoms with Gasteiger partial charge < -0.3 is 25.4 Å². The molecule has 2 aromatic carbocycles. The summed E-state index contributed by atoms with van der Waals surface area (Å²) in [6.07, 6.45) is 7.46. The monoisotopic (exact) mass is 675 g/mol. The number of fused-ring (bicyclic) bond motifs is 5. The summed E-state index contributed by atoms with van der Waals surface area (Å²) in [5.74, 6) is -1.57. The number of ether oxygens (including phenoxy) is 1. The molecule has 2 aromatic rings. The first-order chi connectivity index (χ1) is 22.9. The van der Waals surface area contributed by atoms with Crippen LogP contribution < -0.4 is 10.7 Å². The lowest BCUT2D eigenvalue weighted by molar-refractivity contribution is -0.237. The Hall–Kier alpha value is -3.57. The number of cyclic esters (lactones) is 1. The maximum atomic E-state index is 13.5. The molecular weight excluding hydrogens is 634 g/mol. The van der Waals surface area contributed by atoms with E-state index in [2.05, 4.69) is 22.8 Å². The van der Waals surface area contributed by atoms with E-state index in [0.29, 0.717) is 38.5 Å². The van der Waals surface area contributed by atoms with Crippen molar-refractivity contribution in [3.8, 4) is 0 Å². The van der Waals surface area contributed by atoms with Crippen molar-refractivity contribution < 1.29 is 34.4 Å². The van der Waals surface area contributed by atoms with Crippen LogP contribution in [0.2, 0.25) is 5.02 Å². The summed E-state index contributed by atoms with van der Waals surface area (Å²) >= 11 is 6.21. The average Bonchev–Trinajstić information content (AvgIpc) is 3.60. The number of esters is 1. The van der Waals surface area contributed by atoms with Crippen LogP contribution in [-0.2, 0) is 9.53 Å². The maximum Gasteiger partial charge on any atom is 0.331 e. The van der Waals surface area contributed by atoms with E-state index in [1.54, 1.807) is 60.8 Å². The molecule has 4 saturated carbocycles. The fourth-order valence-corrected chi connectivity index (χ4v) is 10.5. The van der Waals surface area contributed by atoms with Crippen LogP contribution in [-0.4, -0.2) is 63.2 Å². The molecule has 0 aromatic heterocycles. The molecule has 1 heterocycles. The predicted octanol–water partition coefficient (Wildman–Crippen LogP) is 5.02. The minimum absolute atomic E-state index is 0.0336. The summed E-state index contributed by atoms with van der Waals surface area (Å²) in [5.41, 5.74) is 0.724. The summed E-state index contributed by atoms with van der Waals surface area (Å²) in [4.78, 5) is 38.4. The Bertz CT molecular complexity index is 1710. The lowest BCUT2D eigenvalue weighted by Gasteiger charge is -2.65. The Morgan fingerprint density at radius 2 is 1.67 bits per heavy atom. The predicted molar refractivity (Wildman–Crippen MR) is 179 cm³/mol. The molecule has 11 heteroatoms. The molecule has 8 atom stereocenters. The highest BCUT2D eigenvalue weighted by Crippen LogP contribution is 2.70. The number of benzene rings is 2.